The van der Waals surface area contributed by atoms with Crippen LogP contribution in [0.25, 0.3) is 32.9 Å². The minimum atomic E-state index is -0.946. The standard InChI is InChI=1S/C40H43ClF3N7O4/c1-53-27-10-14-48(20-27)12-3-7-31(52)51-16-15-49(21-40(51)22-54-23-40)37-29-18-45-35(28-6-2-5-25-8-9-30(43)33(41)32(25)28)34(44)36(29)46-38(47-37)55-24-39-11-4-13-50(39)19-26(42)17-39/h2-3,5-9,18,26-27H,4,10-17,19-24H2,1H3/b7-3+/t26-,27-,39+/m1/s1. The van der Waals surface area contributed by atoms with Gasteiger partial charge in [-0.25, -0.2) is 13.2 Å². The van der Waals surface area contributed by atoms with Crippen molar-refractivity contribution < 1.29 is 32.2 Å². The third-order valence-electron chi connectivity index (χ3n) is 12.2. The van der Waals surface area contributed by atoms with Gasteiger partial charge in [0.25, 0.3) is 0 Å². The summed E-state index contributed by atoms with van der Waals surface area (Å²) in [6.07, 6.45) is 7.40. The van der Waals surface area contributed by atoms with Crippen molar-refractivity contribution in [3.8, 4) is 17.3 Å². The molecule has 2 aromatic carbocycles. The summed E-state index contributed by atoms with van der Waals surface area (Å²) in [4.78, 5) is 36.0. The first kappa shape index (κ1) is 36.6. The van der Waals surface area contributed by atoms with E-state index in [1.165, 1.54) is 12.3 Å². The molecule has 0 bridgehead atoms. The molecule has 0 aliphatic carbocycles. The number of anilines is 1. The second-order valence-electron chi connectivity index (χ2n) is 15.6. The maximum atomic E-state index is 17.0. The molecular formula is C40H43ClF3N7O4. The molecule has 7 heterocycles. The van der Waals surface area contributed by atoms with Crippen LogP contribution in [0.4, 0.5) is 19.0 Å². The highest BCUT2D eigenvalue weighted by atomic mass is 35.5. The summed E-state index contributed by atoms with van der Waals surface area (Å²) in [5.74, 6) is -1.04. The van der Waals surface area contributed by atoms with Crippen LogP contribution >= 0.6 is 11.6 Å². The Kier molecular flexibility index (Phi) is 9.60. The first-order valence-corrected chi connectivity index (χ1v) is 19.4. The van der Waals surface area contributed by atoms with Gasteiger partial charge in [0.2, 0.25) is 5.91 Å². The smallest absolute Gasteiger partial charge is 0.319 e. The van der Waals surface area contributed by atoms with E-state index in [0.717, 1.165) is 38.9 Å². The van der Waals surface area contributed by atoms with Gasteiger partial charge in [0.15, 0.2) is 5.82 Å². The summed E-state index contributed by atoms with van der Waals surface area (Å²) in [5.41, 5.74) is -0.847. The van der Waals surface area contributed by atoms with Gasteiger partial charge >= 0.3 is 6.01 Å². The fraction of sp³-hybridized carbons (Fsp3) is 0.500. The molecule has 3 atom stereocenters. The van der Waals surface area contributed by atoms with Gasteiger partial charge in [-0.05, 0) is 37.3 Å². The number of carbonyl (C=O) groups excluding carboxylic acids is 1. The number of ether oxygens (including phenoxy) is 3. The third kappa shape index (κ3) is 6.49. The highest BCUT2D eigenvalue weighted by Gasteiger charge is 2.51. The summed E-state index contributed by atoms with van der Waals surface area (Å²) >= 11 is 6.45. The number of hydrogen-bond donors (Lipinski definition) is 0. The summed E-state index contributed by atoms with van der Waals surface area (Å²) in [7, 11) is 1.72. The SMILES string of the molecule is CO[C@@H]1CCN(C/C=C/C(=O)N2CCN(c3nc(OC[C@@]45CCCN4C[C@H](F)C5)nc4c(F)c(-c5cccc6ccc(F)c(Cl)c56)ncc34)CC23COC3)C1. The minimum Gasteiger partial charge on any atom is -0.461 e. The van der Waals surface area contributed by atoms with E-state index in [4.69, 9.17) is 30.8 Å². The number of methoxy groups -OCH3 is 1. The van der Waals surface area contributed by atoms with Crippen molar-refractivity contribution in [1.29, 1.82) is 0 Å². The van der Waals surface area contributed by atoms with Crippen molar-refractivity contribution >= 4 is 45.0 Å². The number of aromatic nitrogens is 3. The van der Waals surface area contributed by atoms with E-state index in [2.05, 4.69) is 19.8 Å². The Morgan fingerprint density at radius 1 is 1.11 bits per heavy atom. The van der Waals surface area contributed by atoms with Crippen LogP contribution in [0, 0.1) is 11.6 Å². The Balaban J connectivity index is 1.05. The lowest BCUT2D eigenvalue weighted by molar-refractivity contribution is -0.164. The fourth-order valence-electron chi connectivity index (χ4n) is 9.30. The van der Waals surface area contributed by atoms with Crippen molar-refractivity contribution in [2.45, 2.75) is 49.0 Å². The predicted octanol–water partition coefficient (Wildman–Crippen LogP) is 5.43. The highest BCUT2D eigenvalue weighted by molar-refractivity contribution is 6.36. The quantitative estimate of drug-likeness (QED) is 0.205. The molecular weight excluding hydrogens is 735 g/mol. The number of halogens is 4. The molecule has 1 spiro atoms. The average Bonchev–Trinajstić information content (AvgIpc) is 3.88. The van der Waals surface area contributed by atoms with Crippen LogP contribution in [-0.2, 0) is 14.3 Å². The monoisotopic (exact) mass is 777 g/mol. The van der Waals surface area contributed by atoms with E-state index in [0.29, 0.717) is 79.9 Å². The molecule has 0 radical (unpaired) electrons. The summed E-state index contributed by atoms with van der Waals surface area (Å²) in [6, 6.07) is 7.99. The lowest BCUT2D eigenvalue weighted by Gasteiger charge is -2.55. The molecule has 15 heteroatoms. The number of likely N-dealkylation sites (tertiary alicyclic amines) is 1. The molecule has 1 amide bonds. The molecule has 5 saturated heterocycles. The van der Waals surface area contributed by atoms with Crippen LogP contribution in [0.1, 0.15) is 25.7 Å². The second-order valence-corrected chi connectivity index (χ2v) is 16.0. The number of amides is 1. The van der Waals surface area contributed by atoms with Gasteiger partial charge in [0, 0.05) is 82.6 Å². The van der Waals surface area contributed by atoms with E-state index in [9.17, 15) is 13.6 Å². The third-order valence-corrected chi connectivity index (χ3v) is 12.6. The van der Waals surface area contributed by atoms with Crippen LogP contribution < -0.4 is 9.64 Å². The van der Waals surface area contributed by atoms with Crippen molar-refractivity contribution in [3.05, 3.63) is 65.3 Å². The molecule has 9 rings (SSSR count). The molecule has 55 heavy (non-hydrogen) atoms. The molecule has 2 aromatic heterocycles. The van der Waals surface area contributed by atoms with Crippen LogP contribution in [0.3, 0.4) is 0 Å². The maximum absolute atomic E-state index is 17.0. The average molecular weight is 778 g/mol. The van der Waals surface area contributed by atoms with Gasteiger partial charge < -0.3 is 24.0 Å². The number of nitrogens with zero attached hydrogens (tertiary/aromatic N) is 7. The van der Waals surface area contributed by atoms with Crippen molar-refractivity contribution in [3.63, 3.8) is 0 Å². The zero-order valence-electron chi connectivity index (χ0n) is 30.7. The zero-order valence-corrected chi connectivity index (χ0v) is 31.4. The molecule has 5 fully saturated rings. The fourth-order valence-corrected chi connectivity index (χ4v) is 9.58. The van der Waals surface area contributed by atoms with Crippen molar-refractivity contribution in [2.24, 2.45) is 0 Å². The first-order chi connectivity index (χ1) is 26.7. The molecule has 4 aromatic rings. The maximum Gasteiger partial charge on any atom is 0.319 e. The highest BCUT2D eigenvalue weighted by Crippen LogP contribution is 2.42. The van der Waals surface area contributed by atoms with Crippen LogP contribution in [0.15, 0.2) is 48.7 Å². The topological polar surface area (TPSA) is 96.4 Å². The lowest BCUT2D eigenvalue weighted by Crippen LogP contribution is -2.72. The normalized spacial score (nSPS) is 25.5. The van der Waals surface area contributed by atoms with Crippen LogP contribution in [-0.4, -0.2) is 138 Å². The van der Waals surface area contributed by atoms with E-state index < -0.39 is 28.9 Å². The van der Waals surface area contributed by atoms with E-state index in [-0.39, 0.29) is 40.9 Å². The number of fused-ring (bicyclic) bond motifs is 3. The minimum absolute atomic E-state index is 0.0249. The Hall–Kier alpha value is -4.08. The summed E-state index contributed by atoms with van der Waals surface area (Å²) in [6.45, 7) is 5.58. The Morgan fingerprint density at radius 3 is 2.78 bits per heavy atom. The molecule has 0 unspecified atom stereocenters. The van der Waals surface area contributed by atoms with Gasteiger partial charge in [-0.1, -0.05) is 41.9 Å². The van der Waals surface area contributed by atoms with Crippen LogP contribution in [0.5, 0.6) is 6.01 Å². The van der Waals surface area contributed by atoms with E-state index >= 15 is 4.39 Å². The summed E-state index contributed by atoms with van der Waals surface area (Å²) < 4.78 is 63.9. The van der Waals surface area contributed by atoms with Crippen LogP contribution in [0.2, 0.25) is 5.02 Å². The first-order valence-electron chi connectivity index (χ1n) is 19.0. The molecule has 11 nitrogen and oxygen atoms in total. The van der Waals surface area contributed by atoms with Gasteiger partial charge in [0.1, 0.15) is 41.2 Å². The summed E-state index contributed by atoms with van der Waals surface area (Å²) in [5, 5.41) is 1.19. The van der Waals surface area contributed by atoms with Gasteiger partial charge in [0.05, 0.1) is 35.3 Å². The molecule has 0 N–H and O–H groups in total. The molecule has 5 aliphatic rings. The Bertz CT molecular complexity index is 2170. The molecule has 5 aliphatic heterocycles. The number of alkyl halides is 1. The number of hydrogen-bond acceptors (Lipinski definition) is 10. The largest absolute Gasteiger partial charge is 0.461 e. The van der Waals surface area contributed by atoms with Gasteiger partial charge in [-0.2, -0.15) is 9.97 Å². The number of rotatable bonds is 9. The number of carbonyl (C=O) groups is 1. The predicted molar refractivity (Wildman–Crippen MR) is 202 cm³/mol. The molecule has 290 valence electrons. The second kappa shape index (κ2) is 14.5. The van der Waals surface area contributed by atoms with Crippen molar-refractivity contribution in [2.75, 3.05) is 84.2 Å². The lowest BCUT2D eigenvalue weighted by atomic mass is 9.91. The Morgan fingerprint density at radius 2 is 1.98 bits per heavy atom. The van der Waals surface area contributed by atoms with E-state index in [1.807, 2.05) is 15.9 Å². The number of benzene rings is 2. The number of piperazine rings is 1. The van der Waals surface area contributed by atoms with E-state index in [1.54, 1.807) is 37.5 Å². The number of pyridine rings is 1. The molecule has 0 saturated carbocycles. The zero-order chi connectivity index (χ0) is 37.9. The van der Waals surface area contributed by atoms with Gasteiger partial charge in [-0.15, -0.1) is 0 Å². The Labute approximate surface area is 322 Å². The van der Waals surface area contributed by atoms with Gasteiger partial charge in [-0.3, -0.25) is 19.6 Å². The van der Waals surface area contributed by atoms with Crippen molar-refractivity contribution in [1.82, 2.24) is 29.7 Å².